The molecule has 0 unspecified atom stereocenters. The Morgan fingerprint density at radius 3 is 2.41 bits per heavy atom. The molecule has 4 aliphatic carbocycles. The molecular weight excluding hydrogens is 544 g/mol. The van der Waals surface area contributed by atoms with E-state index in [4.69, 9.17) is 14.2 Å². The number of fused-ring (bicyclic) bond motifs is 5. The minimum Gasteiger partial charge on any atom is -0.452 e. The van der Waals surface area contributed by atoms with Crippen molar-refractivity contribution < 1.29 is 19.0 Å². The third-order valence-electron chi connectivity index (χ3n) is 13.7. The molecule has 12 atom stereocenters. The minimum absolute atomic E-state index is 0.242. The second-order valence-corrected chi connectivity index (χ2v) is 16.6. The molecule has 1 aromatic rings. The number of carbonyl (C=O) groups excluding carboxylic acids is 1. The van der Waals surface area contributed by atoms with E-state index in [1.54, 1.807) is 12.1 Å². The molecule has 5 aliphatic rings. The van der Waals surface area contributed by atoms with Crippen LogP contribution in [-0.2, 0) is 14.2 Å². The molecule has 0 saturated heterocycles. The largest absolute Gasteiger partial charge is 0.452 e. The van der Waals surface area contributed by atoms with Crippen molar-refractivity contribution in [3.8, 4) is 0 Å². The number of esters is 1. The summed E-state index contributed by atoms with van der Waals surface area (Å²) in [6.07, 6.45) is 19.6. The van der Waals surface area contributed by atoms with Crippen LogP contribution in [0.25, 0.3) is 0 Å². The summed E-state index contributed by atoms with van der Waals surface area (Å²) in [5, 5.41) is 0. The highest BCUT2D eigenvalue weighted by atomic mass is 16.7. The summed E-state index contributed by atoms with van der Waals surface area (Å²) in [7, 11) is 0. The normalized spacial score (nSPS) is 42.3. The zero-order chi connectivity index (χ0) is 31.1. The quantitative estimate of drug-likeness (QED) is 0.208. The Hall–Kier alpha value is -1.65. The zero-order valence-corrected chi connectivity index (χ0v) is 28.5. The first kappa shape index (κ1) is 32.3. The zero-order valence-electron chi connectivity index (χ0n) is 28.5. The summed E-state index contributed by atoms with van der Waals surface area (Å²) in [6.45, 7) is 14.7. The lowest BCUT2D eigenvalue weighted by molar-refractivity contribution is -0.208. The lowest BCUT2D eigenvalue weighted by Crippen LogP contribution is -2.54. The van der Waals surface area contributed by atoms with Crippen molar-refractivity contribution in [2.24, 2.45) is 52.3 Å². The molecule has 1 aliphatic heterocycles. The van der Waals surface area contributed by atoms with Gasteiger partial charge < -0.3 is 14.2 Å². The molecule has 4 fully saturated rings. The van der Waals surface area contributed by atoms with Gasteiger partial charge in [0.15, 0.2) is 6.29 Å². The molecule has 4 saturated carbocycles. The fourth-order valence-electron chi connectivity index (χ4n) is 11.2. The topological polar surface area (TPSA) is 44.8 Å². The van der Waals surface area contributed by atoms with Gasteiger partial charge in [0.1, 0.15) is 6.10 Å². The predicted octanol–water partition coefficient (Wildman–Crippen LogP) is 10.0. The highest BCUT2D eigenvalue weighted by molar-refractivity contribution is 5.89. The minimum atomic E-state index is -0.400. The Morgan fingerprint density at radius 2 is 1.66 bits per heavy atom. The van der Waals surface area contributed by atoms with Crippen LogP contribution in [0, 0.1) is 52.3 Å². The van der Waals surface area contributed by atoms with Crippen LogP contribution in [0.3, 0.4) is 0 Å². The predicted molar refractivity (Wildman–Crippen MR) is 177 cm³/mol. The summed E-state index contributed by atoms with van der Waals surface area (Å²) < 4.78 is 18.6. The molecule has 0 radical (unpaired) electrons. The number of ether oxygens (including phenoxy) is 3. The molecule has 1 heterocycles. The summed E-state index contributed by atoms with van der Waals surface area (Å²) in [5.74, 6) is 5.85. The Labute approximate surface area is 268 Å². The number of hydrogen-bond acceptors (Lipinski definition) is 4. The first-order valence-electron chi connectivity index (χ1n) is 18.3. The first-order valence-corrected chi connectivity index (χ1v) is 18.3. The van der Waals surface area contributed by atoms with Gasteiger partial charge in [-0.1, -0.05) is 72.1 Å². The average Bonchev–Trinajstić information content (AvgIpc) is 3.36. The van der Waals surface area contributed by atoms with Crippen molar-refractivity contribution in [3.63, 3.8) is 0 Å². The first-order chi connectivity index (χ1) is 21.1. The van der Waals surface area contributed by atoms with Crippen LogP contribution in [0.5, 0.6) is 0 Å². The maximum absolute atomic E-state index is 12.6. The summed E-state index contributed by atoms with van der Waals surface area (Å²) in [5.41, 5.74) is 1.59. The molecule has 244 valence electrons. The SMILES string of the molecule is CC(C)CCC[C@@H](C)[C@H]1CC[C@H]2[C@@H]3CC[C@H]4C[C@@H](O[C@H]5C=C[C@@H](OC(=O)c6ccccc6)[C@H](C)O5)CC[C@]4(C)[C@H]3CC[C@]12C. The smallest absolute Gasteiger partial charge is 0.338 e. The van der Waals surface area contributed by atoms with Crippen molar-refractivity contribution in [2.45, 2.75) is 143 Å². The van der Waals surface area contributed by atoms with E-state index in [0.717, 1.165) is 54.3 Å². The van der Waals surface area contributed by atoms with E-state index in [2.05, 4.69) is 34.6 Å². The highest BCUT2D eigenvalue weighted by Crippen LogP contribution is 2.68. The molecular formula is C40H60O4. The van der Waals surface area contributed by atoms with E-state index in [9.17, 15) is 4.79 Å². The van der Waals surface area contributed by atoms with E-state index in [0.29, 0.717) is 16.4 Å². The van der Waals surface area contributed by atoms with Gasteiger partial charge in [-0.3, -0.25) is 0 Å². The highest BCUT2D eigenvalue weighted by Gasteiger charge is 2.60. The standard InChI is InChI=1S/C40H60O4/c1-26(2)11-10-12-27(3)33-17-18-34-32-16-15-30-25-31(21-23-39(30,5)35(32)22-24-40(33,34)6)43-37-20-19-36(28(4)42-37)44-38(41)29-13-8-7-9-14-29/h7-9,13-14,19-20,26-28,30-37H,10-12,15-18,21-25H2,1-6H3/t27-,28+,30+,31+,32+,33-,34+,35+,36-,37+,39+,40-/m1/s1. The van der Waals surface area contributed by atoms with Gasteiger partial charge in [0.2, 0.25) is 0 Å². The van der Waals surface area contributed by atoms with Gasteiger partial charge in [0.05, 0.1) is 17.8 Å². The molecule has 0 N–H and O–H groups in total. The third kappa shape index (κ3) is 6.33. The molecule has 4 nitrogen and oxygen atoms in total. The van der Waals surface area contributed by atoms with Crippen molar-refractivity contribution in [1.82, 2.24) is 0 Å². The second kappa shape index (κ2) is 13.2. The maximum Gasteiger partial charge on any atom is 0.338 e. The number of benzene rings is 1. The van der Waals surface area contributed by atoms with Gasteiger partial charge in [0.25, 0.3) is 0 Å². The maximum atomic E-state index is 12.6. The molecule has 0 spiro atoms. The van der Waals surface area contributed by atoms with Crippen molar-refractivity contribution in [3.05, 3.63) is 48.0 Å². The second-order valence-electron chi connectivity index (χ2n) is 16.6. The van der Waals surface area contributed by atoms with Crippen LogP contribution in [0.4, 0.5) is 0 Å². The van der Waals surface area contributed by atoms with Gasteiger partial charge in [0, 0.05) is 0 Å². The Kier molecular flexibility index (Phi) is 9.71. The fourth-order valence-corrected chi connectivity index (χ4v) is 11.2. The molecule has 44 heavy (non-hydrogen) atoms. The van der Waals surface area contributed by atoms with Crippen LogP contribution in [-0.4, -0.2) is 30.6 Å². The molecule has 6 rings (SSSR count). The van der Waals surface area contributed by atoms with E-state index in [-0.39, 0.29) is 24.5 Å². The van der Waals surface area contributed by atoms with Gasteiger partial charge in [-0.05, 0) is 141 Å². The number of hydrogen-bond donors (Lipinski definition) is 0. The monoisotopic (exact) mass is 604 g/mol. The lowest BCUT2D eigenvalue weighted by atomic mass is 9.44. The van der Waals surface area contributed by atoms with Crippen molar-refractivity contribution in [2.75, 3.05) is 0 Å². The molecule has 0 aromatic heterocycles. The van der Waals surface area contributed by atoms with Crippen LogP contribution in [0.15, 0.2) is 42.5 Å². The third-order valence-corrected chi connectivity index (χ3v) is 13.7. The van der Waals surface area contributed by atoms with Gasteiger partial charge >= 0.3 is 5.97 Å². The van der Waals surface area contributed by atoms with Gasteiger partial charge in [-0.25, -0.2) is 4.79 Å². The van der Waals surface area contributed by atoms with Gasteiger partial charge in [-0.2, -0.15) is 0 Å². The molecule has 0 bridgehead atoms. The van der Waals surface area contributed by atoms with E-state index in [1.807, 2.05) is 37.3 Å². The average molecular weight is 605 g/mol. The summed E-state index contributed by atoms with van der Waals surface area (Å²) >= 11 is 0. The summed E-state index contributed by atoms with van der Waals surface area (Å²) in [4.78, 5) is 12.6. The van der Waals surface area contributed by atoms with E-state index in [1.165, 1.54) is 64.2 Å². The number of rotatable bonds is 9. The van der Waals surface area contributed by atoms with E-state index >= 15 is 0 Å². The van der Waals surface area contributed by atoms with Crippen LogP contribution in [0.2, 0.25) is 0 Å². The number of carbonyl (C=O) groups is 1. The Balaban J connectivity index is 1.03. The summed E-state index contributed by atoms with van der Waals surface area (Å²) in [6, 6.07) is 9.17. The van der Waals surface area contributed by atoms with Crippen molar-refractivity contribution >= 4 is 5.97 Å². The molecule has 4 heteroatoms. The van der Waals surface area contributed by atoms with Gasteiger partial charge in [-0.15, -0.1) is 0 Å². The van der Waals surface area contributed by atoms with E-state index < -0.39 is 6.10 Å². The fraction of sp³-hybridized carbons (Fsp3) is 0.775. The van der Waals surface area contributed by atoms with Crippen LogP contribution in [0.1, 0.15) is 129 Å². The molecule has 0 amide bonds. The molecule has 1 aromatic carbocycles. The van der Waals surface area contributed by atoms with Crippen molar-refractivity contribution in [1.29, 1.82) is 0 Å². The Bertz CT molecular complexity index is 1150. The lowest BCUT2D eigenvalue weighted by Gasteiger charge is -2.61. The van der Waals surface area contributed by atoms with Crippen LogP contribution >= 0.6 is 0 Å². The Morgan fingerprint density at radius 1 is 0.909 bits per heavy atom. The van der Waals surface area contributed by atoms with Crippen LogP contribution < -0.4 is 0 Å².